The molecule has 0 amide bonds. The van der Waals surface area contributed by atoms with Crippen molar-refractivity contribution in [2.45, 2.75) is 25.8 Å². The fourth-order valence-corrected chi connectivity index (χ4v) is 2.40. The highest BCUT2D eigenvalue weighted by Gasteiger charge is 2.13. The molecule has 2 aromatic rings. The highest BCUT2D eigenvalue weighted by atomic mass is 16.5. The van der Waals surface area contributed by atoms with Crippen molar-refractivity contribution in [3.05, 3.63) is 12.1 Å². The first kappa shape index (κ1) is 15.4. The fraction of sp³-hybridized carbons (Fsp3) is 0.533. The predicted octanol–water partition coefficient (Wildman–Crippen LogP) is 2.45. The minimum absolute atomic E-state index is 0.520. The number of unbranched alkanes of at least 4 members (excludes halogenated alkanes) is 2. The van der Waals surface area contributed by atoms with Crippen molar-refractivity contribution in [2.75, 3.05) is 33.7 Å². The third kappa shape index (κ3) is 3.39. The third-order valence-corrected chi connectivity index (χ3v) is 3.51. The Kier molecular flexibility index (Phi) is 5.27. The summed E-state index contributed by atoms with van der Waals surface area (Å²) in [6, 6.07) is 3.78. The van der Waals surface area contributed by atoms with E-state index in [1.54, 1.807) is 21.3 Å². The number of anilines is 1. The van der Waals surface area contributed by atoms with Crippen molar-refractivity contribution >= 4 is 17.0 Å². The summed E-state index contributed by atoms with van der Waals surface area (Å²) in [4.78, 5) is 4.39. The molecule has 2 N–H and O–H groups in total. The van der Waals surface area contributed by atoms with E-state index in [0.29, 0.717) is 17.4 Å². The molecule has 0 radical (unpaired) electrons. The summed E-state index contributed by atoms with van der Waals surface area (Å²) in [5.41, 5.74) is 7.81. The number of nitrogen functional groups attached to an aromatic ring is 1. The first-order valence-corrected chi connectivity index (χ1v) is 7.08. The van der Waals surface area contributed by atoms with Gasteiger partial charge in [0.15, 0.2) is 11.5 Å². The fourth-order valence-electron chi connectivity index (χ4n) is 2.40. The van der Waals surface area contributed by atoms with Gasteiger partial charge in [0.2, 0.25) is 5.95 Å². The maximum absolute atomic E-state index is 6.02. The van der Waals surface area contributed by atoms with Gasteiger partial charge in [-0.05, 0) is 19.3 Å². The van der Waals surface area contributed by atoms with E-state index in [1.807, 2.05) is 16.7 Å². The van der Waals surface area contributed by atoms with Gasteiger partial charge in [0.25, 0.3) is 0 Å². The molecule has 0 saturated carbocycles. The molecular weight excluding hydrogens is 270 g/mol. The SMILES string of the molecule is COCCCCCn1c(N)nc2cc(OC)c(OC)cc21. The van der Waals surface area contributed by atoms with Gasteiger partial charge < -0.3 is 24.5 Å². The Labute approximate surface area is 124 Å². The summed E-state index contributed by atoms with van der Waals surface area (Å²) in [5, 5.41) is 0. The van der Waals surface area contributed by atoms with E-state index in [1.165, 1.54) is 0 Å². The molecule has 0 spiro atoms. The quantitative estimate of drug-likeness (QED) is 0.757. The van der Waals surface area contributed by atoms with Crippen LogP contribution >= 0.6 is 0 Å². The summed E-state index contributed by atoms with van der Waals surface area (Å²) in [7, 11) is 4.96. The number of rotatable bonds is 8. The van der Waals surface area contributed by atoms with Gasteiger partial charge in [-0.1, -0.05) is 0 Å². The van der Waals surface area contributed by atoms with E-state index >= 15 is 0 Å². The molecule has 1 heterocycles. The summed E-state index contributed by atoms with van der Waals surface area (Å²) < 4.78 is 17.7. The van der Waals surface area contributed by atoms with Crippen LogP contribution in [0.2, 0.25) is 0 Å². The van der Waals surface area contributed by atoms with Crippen molar-refractivity contribution < 1.29 is 14.2 Å². The average molecular weight is 293 g/mol. The van der Waals surface area contributed by atoms with Crippen LogP contribution in [0.25, 0.3) is 11.0 Å². The number of aromatic nitrogens is 2. The number of hydrogen-bond acceptors (Lipinski definition) is 5. The molecule has 21 heavy (non-hydrogen) atoms. The Balaban J connectivity index is 2.20. The molecule has 0 aliphatic heterocycles. The van der Waals surface area contributed by atoms with Crippen LogP contribution in [-0.4, -0.2) is 37.5 Å². The monoisotopic (exact) mass is 293 g/mol. The van der Waals surface area contributed by atoms with Crippen LogP contribution in [-0.2, 0) is 11.3 Å². The molecule has 1 aromatic carbocycles. The van der Waals surface area contributed by atoms with Crippen LogP contribution in [0.5, 0.6) is 11.5 Å². The molecule has 2 rings (SSSR count). The van der Waals surface area contributed by atoms with E-state index < -0.39 is 0 Å². The van der Waals surface area contributed by atoms with Gasteiger partial charge in [-0.15, -0.1) is 0 Å². The third-order valence-electron chi connectivity index (χ3n) is 3.51. The largest absolute Gasteiger partial charge is 0.493 e. The van der Waals surface area contributed by atoms with Crippen LogP contribution in [0.15, 0.2) is 12.1 Å². The number of nitrogens with two attached hydrogens (primary N) is 1. The van der Waals surface area contributed by atoms with Gasteiger partial charge in [-0.25, -0.2) is 4.98 Å². The zero-order valence-electron chi connectivity index (χ0n) is 12.9. The molecule has 0 bridgehead atoms. The van der Waals surface area contributed by atoms with Gasteiger partial charge in [0, 0.05) is 32.4 Å². The maximum Gasteiger partial charge on any atom is 0.201 e. The first-order chi connectivity index (χ1) is 10.2. The lowest BCUT2D eigenvalue weighted by molar-refractivity contribution is 0.191. The van der Waals surface area contributed by atoms with Crippen molar-refractivity contribution in [1.29, 1.82) is 0 Å². The molecule has 6 nitrogen and oxygen atoms in total. The molecule has 0 fully saturated rings. The summed E-state index contributed by atoms with van der Waals surface area (Å²) in [6.07, 6.45) is 3.19. The molecule has 0 aliphatic carbocycles. The van der Waals surface area contributed by atoms with E-state index in [9.17, 15) is 0 Å². The number of hydrogen-bond donors (Lipinski definition) is 1. The smallest absolute Gasteiger partial charge is 0.201 e. The van der Waals surface area contributed by atoms with E-state index in [2.05, 4.69) is 4.98 Å². The molecular formula is C15H23N3O3. The second kappa shape index (κ2) is 7.17. The van der Waals surface area contributed by atoms with Crippen LogP contribution in [0.1, 0.15) is 19.3 Å². The van der Waals surface area contributed by atoms with E-state index in [0.717, 1.165) is 43.4 Å². The van der Waals surface area contributed by atoms with Gasteiger partial charge in [0.1, 0.15) is 0 Å². The Morgan fingerprint density at radius 2 is 1.76 bits per heavy atom. The lowest BCUT2D eigenvalue weighted by Crippen LogP contribution is -2.04. The lowest BCUT2D eigenvalue weighted by atomic mass is 10.2. The lowest BCUT2D eigenvalue weighted by Gasteiger charge is -2.09. The topological polar surface area (TPSA) is 71.5 Å². The predicted molar refractivity (Wildman–Crippen MR) is 83.0 cm³/mol. The van der Waals surface area contributed by atoms with Crippen LogP contribution in [0.4, 0.5) is 5.95 Å². The van der Waals surface area contributed by atoms with E-state index in [-0.39, 0.29) is 0 Å². The Hall–Kier alpha value is -1.95. The van der Waals surface area contributed by atoms with Crippen LogP contribution < -0.4 is 15.2 Å². The van der Waals surface area contributed by atoms with Crippen molar-refractivity contribution in [3.63, 3.8) is 0 Å². The van der Waals surface area contributed by atoms with Gasteiger partial charge in [-0.2, -0.15) is 0 Å². The number of nitrogens with zero attached hydrogens (tertiary/aromatic N) is 2. The number of benzene rings is 1. The first-order valence-electron chi connectivity index (χ1n) is 7.08. The number of methoxy groups -OCH3 is 3. The zero-order chi connectivity index (χ0) is 15.2. The standard InChI is InChI=1S/C15H23N3O3/c1-19-8-6-4-5-7-18-12-10-14(21-3)13(20-2)9-11(12)17-15(18)16/h9-10H,4-8H2,1-3H3,(H2,16,17). The van der Waals surface area contributed by atoms with Crippen molar-refractivity contribution in [3.8, 4) is 11.5 Å². The number of fused-ring (bicyclic) bond motifs is 1. The minimum atomic E-state index is 0.520. The summed E-state index contributed by atoms with van der Waals surface area (Å²) in [6.45, 7) is 1.63. The second-order valence-electron chi connectivity index (χ2n) is 4.87. The number of imidazole rings is 1. The van der Waals surface area contributed by atoms with Crippen LogP contribution in [0.3, 0.4) is 0 Å². The van der Waals surface area contributed by atoms with Crippen molar-refractivity contribution in [1.82, 2.24) is 9.55 Å². The number of ether oxygens (including phenoxy) is 3. The van der Waals surface area contributed by atoms with Gasteiger partial charge in [0.05, 0.1) is 25.3 Å². The zero-order valence-corrected chi connectivity index (χ0v) is 12.9. The second-order valence-corrected chi connectivity index (χ2v) is 4.87. The Bertz CT molecular complexity index is 595. The molecule has 1 aromatic heterocycles. The summed E-state index contributed by atoms with van der Waals surface area (Å²) in [5.74, 6) is 1.87. The molecule has 116 valence electrons. The minimum Gasteiger partial charge on any atom is -0.493 e. The van der Waals surface area contributed by atoms with Crippen LogP contribution in [0, 0.1) is 0 Å². The highest BCUT2D eigenvalue weighted by Crippen LogP contribution is 2.33. The maximum atomic E-state index is 6.02. The molecule has 0 aliphatic rings. The normalized spacial score (nSPS) is 11.0. The Morgan fingerprint density at radius 1 is 1.05 bits per heavy atom. The Morgan fingerprint density at radius 3 is 2.43 bits per heavy atom. The molecule has 0 atom stereocenters. The van der Waals surface area contributed by atoms with Gasteiger partial charge in [-0.3, -0.25) is 0 Å². The van der Waals surface area contributed by atoms with Crippen molar-refractivity contribution in [2.24, 2.45) is 0 Å². The average Bonchev–Trinajstić information content (AvgIpc) is 2.80. The van der Waals surface area contributed by atoms with E-state index in [4.69, 9.17) is 19.9 Å². The molecule has 6 heteroatoms. The molecule has 0 unspecified atom stereocenters. The number of aryl methyl sites for hydroxylation is 1. The molecule has 0 saturated heterocycles. The van der Waals surface area contributed by atoms with Gasteiger partial charge >= 0.3 is 0 Å². The highest BCUT2D eigenvalue weighted by molar-refractivity contribution is 5.82. The summed E-state index contributed by atoms with van der Waals surface area (Å²) >= 11 is 0.